The first kappa shape index (κ1) is 47.2. The third kappa shape index (κ3) is 7.72. The van der Waals surface area contributed by atoms with Gasteiger partial charge in [0.15, 0.2) is 30.0 Å². The van der Waals surface area contributed by atoms with E-state index in [1.54, 1.807) is 6.92 Å². The second kappa shape index (κ2) is 17.6. The number of esters is 8. The SMILES string of the molecule is CC(=O)OC[C@@]12[C@H](OC(C)=O)[C@H](OC(=O)c3cccnc3)[C@@H]3[C@@H](OC(=O)c4ccco4)[C@@]14O[C@@]3(C)COC(=O)c1cccnc1[C@H](C)[C@H](C)C(=O)O[C@@H]([C@H](OC(C)=O)[C@@H]2OC(C)=O)[C@]4(C)O. The lowest BCUT2D eigenvalue weighted by Gasteiger charge is -2.67. The van der Waals surface area contributed by atoms with Crippen LogP contribution in [-0.2, 0) is 66.6 Å². The van der Waals surface area contributed by atoms with E-state index in [1.807, 2.05) is 0 Å². The Morgan fingerprint density at radius 3 is 2.05 bits per heavy atom. The van der Waals surface area contributed by atoms with Gasteiger partial charge in [0.25, 0.3) is 0 Å². The van der Waals surface area contributed by atoms with Crippen LogP contribution in [0.15, 0.2) is 65.7 Å². The van der Waals surface area contributed by atoms with Crippen LogP contribution in [0.2, 0.25) is 0 Å². The van der Waals surface area contributed by atoms with Crippen LogP contribution < -0.4 is 0 Å². The summed E-state index contributed by atoms with van der Waals surface area (Å²) in [5.74, 6) is -12.9. The summed E-state index contributed by atoms with van der Waals surface area (Å²) in [6.45, 7) is 7.37. The molecule has 3 fully saturated rings. The molecule has 21 nitrogen and oxygen atoms in total. The lowest BCUT2D eigenvalue weighted by Crippen LogP contribution is -2.89. The highest BCUT2D eigenvalue weighted by atomic mass is 16.7. The minimum absolute atomic E-state index is 0.0771. The fourth-order valence-electron chi connectivity index (χ4n) is 10.1. The van der Waals surface area contributed by atoms with Crippen LogP contribution in [0.25, 0.3) is 0 Å². The van der Waals surface area contributed by atoms with Crippen molar-refractivity contribution in [3.8, 4) is 0 Å². The average Bonchev–Trinajstić information content (AvgIpc) is 3.88. The van der Waals surface area contributed by atoms with Gasteiger partial charge in [-0.05, 0) is 50.2 Å². The summed E-state index contributed by atoms with van der Waals surface area (Å²) >= 11 is 0. The number of ether oxygens (including phenoxy) is 9. The average molecular weight is 921 g/mol. The number of carbonyl (C=O) groups is 8. The lowest BCUT2D eigenvalue weighted by molar-refractivity contribution is -0.385. The number of pyridine rings is 2. The third-order valence-corrected chi connectivity index (χ3v) is 12.9. The zero-order valence-corrected chi connectivity index (χ0v) is 37.1. The van der Waals surface area contributed by atoms with E-state index in [2.05, 4.69) is 9.97 Å². The monoisotopic (exact) mass is 920 g/mol. The summed E-state index contributed by atoms with van der Waals surface area (Å²) in [4.78, 5) is 120. The van der Waals surface area contributed by atoms with Crippen molar-refractivity contribution in [3.05, 3.63) is 83.8 Å². The maximum absolute atomic E-state index is 14.6. The van der Waals surface area contributed by atoms with Crippen molar-refractivity contribution >= 4 is 47.8 Å². The van der Waals surface area contributed by atoms with Gasteiger partial charge in [0.05, 0.1) is 34.9 Å². The molecule has 2 saturated carbocycles. The second-order valence-electron chi connectivity index (χ2n) is 17.1. The van der Waals surface area contributed by atoms with Crippen LogP contribution in [0.1, 0.15) is 98.3 Å². The molecule has 0 unspecified atom stereocenters. The Kier molecular flexibility index (Phi) is 12.6. The normalized spacial score (nSPS) is 34.5. The molecular weight excluding hydrogens is 872 g/mol. The number of furan rings is 1. The zero-order chi connectivity index (χ0) is 48.1. The van der Waals surface area contributed by atoms with E-state index < -0.39 is 143 Å². The molecule has 3 aromatic rings. The Bertz CT molecular complexity index is 2420. The molecule has 1 spiro atoms. The molecule has 0 radical (unpaired) electrons. The summed E-state index contributed by atoms with van der Waals surface area (Å²) < 4.78 is 61.4. The van der Waals surface area contributed by atoms with Gasteiger partial charge in [0.1, 0.15) is 42.0 Å². The van der Waals surface area contributed by atoms with Crippen molar-refractivity contribution in [2.24, 2.45) is 17.3 Å². The number of aromatic nitrogens is 2. The van der Waals surface area contributed by atoms with Crippen molar-refractivity contribution in [1.82, 2.24) is 9.97 Å². The molecule has 1 saturated heterocycles. The highest BCUT2D eigenvalue weighted by molar-refractivity contribution is 5.91. The second-order valence-corrected chi connectivity index (χ2v) is 17.1. The zero-order valence-electron chi connectivity index (χ0n) is 37.1. The van der Waals surface area contributed by atoms with E-state index in [1.165, 1.54) is 62.6 Å². The standard InChI is InChI=1S/C45H48N2O19/c1-21-22(2)38(52)65-35-33(60-24(4)49)37(62-26(6)51)44(20-58-23(3)48)36(61-25(5)50)32(63-39(53)27-12-9-15-46-18-27)30-34(64-41(55)29-14-11-17-57-29)45(44,43(35,8)56)66-42(30,7)19-59-40(54)28-13-10-16-47-31(21)28/h9-18,21-22,30,32-37,56H,19-20H2,1-8H3/t21-,22+,30-,32-,33+,34-,35+,36-,37+,42+,43+,44+,45+/m1/s1. The van der Waals surface area contributed by atoms with Gasteiger partial charge in [0.2, 0.25) is 5.76 Å². The summed E-state index contributed by atoms with van der Waals surface area (Å²) in [5, 5.41) is 13.8. The predicted octanol–water partition coefficient (Wildman–Crippen LogP) is 2.61. The van der Waals surface area contributed by atoms with E-state index in [9.17, 15) is 43.5 Å². The summed E-state index contributed by atoms with van der Waals surface area (Å²) in [6, 6.07) is 8.25. The largest absolute Gasteiger partial charge is 0.465 e. The minimum Gasteiger partial charge on any atom is -0.465 e. The molecule has 21 heteroatoms. The first-order valence-electron chi connectivity index (χ1n) is 20.9. The van der Waals surface area contributed by atoms with Crippen LogP contribution in [0.5, 0.6) is 0 Å². The molecule has 13 atom stereocenters. The molecule has 4 bridgehead atoms. The Labute approximate surface area is 376 Å². The van der Waals surface area contributed by atoms with Crippen molar-refractivity contribution in [3.63, 3.8) is 0 Å². The van der Waals surface area contributed by atoms with Gasteiger partial charge in [-0.1, -0.05) is 13.8 Å². The Balaban J connectivity index is 1.65. The molecule has 352 valence electrons. The molecule has 0 amide bonds. The molecule has 0 aromatic carbocycles. The van der Waals surface area contributed by atoms with E-state index in [0.717, 1.165) is 47.1 Å². The van der Waals surface area contributed by atoms with Crippen LogP contribution >= 0.6 is 0 Å². The number of hydrogen-bond donors (Lipinski definition) is 1. The molecule has 4 aliphatic rings. The maximum atomic E-state index is 14.6. The fraction of sp³-hybridized carbons (Fsp3) is 0.511. The summed E-state index contributed by atoms with van der Waals surface area (Å²) in [6.07, 6.45) is -7.63. The highest BCUT2D eigenvalue weighted by Crippen LogP contribution is 2.70. The van der Waals surface area contributed by atoms with E-state index >= 15 is 0 Å². The number of rotatable bonds is 9. The summed E-state index contributed by atoms with van der Waals surface area (Å²) in [5.41, 5.74) is -10.9. The molecule has 2 aliphatic carbocycles. The number of carbonyl (C=O) groups excluding carboxylic acids is 8. The number of fused-ring (bicyclic) bond motifs is 5. The highest BCUT2D eigenvalue weighted by Gasteiger charge is 2.92. The number of cyclic esters (lactones) is 1. The third-order valence-electron chi connectivity index (χ3n) is 12.9. The van der Waals surface area contributed by atoms with Crippen LogP contribution in [0.3, 0.4) is 0 Å². The van der Waals surface area contributed by atoms with Gasteiger partial charge in [-0.25, -0.2) is 14.4 Å². The predicted molar refractivity (Wildman–Crippen MR) is 215 cm³/mol. The van der Waals surface area contributed by atoms with Crippen molar-refractivity contribution < 1.29 is 90.5 Å². The number of hydrogen-bond acceptors (Lipinski definition) is 21. The van der Waals surface area contributed by atoms with Gasteiger partial charge >= 0.3 is 47.8 Å². The van der Waals surface area contributed by atoms with Gasteiger partial charge in [-0.2, -0.15) is 0 Å². The Morgan fingerprint density at radius 1 is 0.773 bits per heavy atom. The lowest BCUT2D eigenvalue weighted by atomic mass is 9.45. The molecule has 5 heterocycles. The first-order valence-corrected chi connectivity index (χ1v) is 20.9. The van der Waals surface area contributed by atoms with E-state index in [-0.39, 0.29) is 16.8 Å². The van der Waals surface area contributed by atoms with Crippen molar-refractivity contribution in [2.75, 3.05) is 13.2 Å². The van der Waals surface area contributed by atoms with Gasteiger partial charge in [0, 0.05) is 52.2 Å². The molecule has 7 rings (SSSR count). The topological polar surface area (TPSA) is 279 Å². The Hall–Kier alpha value is -6.74. The fourth-order valence-corrected chi connectivity index (χ4v) is 10.1. The van der Waals surface area contributed by atoms with Crippen molar-refractivity contribution in [1.29, 1.82) is 0 Å². The maximum Gasteiger partial charge on any atom is 0.374 e. The Morgan fingerprint density at radius 2 is 1.44 bits per heavy atom. The quantitative estimate of drug-likeness (QED) is 0.238. The smallest absolute Gasteiger partial charge is 0.374 e. The number of aliphatic hydroxyl groups is 1. The van der Waals surface area contributed by atoms with Gasteiger partial charge in [-0.15, -0.1) is 0 Å². The van der Waals surface area contributed by atoms with Crippen LogP contribution in [-0.4, -0.2) is 129 Å². The molecule has 66 heavy (non-hydrogen) atoms. The van der Waals surface area contributed by atoms with E-state index in [0.29, 0.717) is 0 Å². The van der Waals surface area contributed by atoms with Crippen LogP contribution in [0, 0.1) is 17.3 Å². The summed E-state index contributed by atoms with van der Waals surface area (Å²) in [7, 11) is 0. The van der Waals surface area contributed by atoms with Gasteiger partial charge < -0.3 is 52.2 Å². The number of nitrogens with zero attached hydrogens (tertiary/aromatic N) is 2. The molecule has 3 aromatic heterocycles. The van der Waals surface area contributed by atoms with Crippen LogP contribution in [0.4, 0.5) is 0 Å². The minimum atomic E-state index is -2.94. The van der Waals surface area contributed by atoms with E-state index in [4.69, 9.17) is 47.0 Å². The first-order chi connectivity index (χ1) is 31.1. The molecule has 2 aliphatic heterocycles. The molecular formula is C45H48N2O19. The van der Waals surface area contributed by atoms with Crippen molar-refractivity contribution in [2.45, 2.75) is 115 Å². The molecule has 1 N–H and O–H groups in total. The van der Waals surface area contributed by atoms with Gasteiger partial charge in [-0.3, -0.25) is 33.9 Å².